The van der Waals surface area contributed by atoms with Gasteiger partial charge in [0.2, 0.25) is 0 Å². The molecular weight excluding hydrogens is 334 g/mol. The molecule has 2 aromatic rings. The van der Waals surface area contributed by atoms with E-state index in [2.05, 4.69) is 20.7 Å². The van der Waals surface area contributed by atoms with Crippen molar-refractivity contribution in [3.05, 3.63) is 45.7 Å². The van der Waals surface area contributed by atoms with E-state index in [0.29, 0.717) is 9.90 Å². The lowest BCUT2D eigenvalue weighted by atomic mass is 10.1. The Morgan fingerprint density at radius 2 is 2.11 bits per heavy atom. The molecular formula is C12H12BrNO2S2. The zero-order valence-corrected chi connectivity index (χ0v) is 12.9. The van der Waals surface area contributed by atoms with Crippen molar-refractivity contribution in [2.24, 2.45) is 0 Å². The van der Waals surface area contributed by atoms with E-state index in [0.717, 1.165) is 16.5 Å². The molecule has 2 rings (SSSR count). The number of sulfonamides is 1. The van der Waals surface area contributed by atoms with Gasteiger partial charge in [-0.25, -0.2) is 8.42 Å². The standard InChI is InChI=1S/C12H12BrNO2S2/c1-2-9-8-10(13)5-6-11(9)14-18(15,16)12-4-3-7-17-12/h3-8,14H,2H2,1H3. The second-order valence-corrected chi connectivity index (χ2v) is 7.47. The molecule has 0 aliphatic carbocycles. The molecule has 0 fully saturated rings. The summed E-state index contributed by atoms with van der Waals surface area (Å²) in [6, 6.07) is 8.84. The number of hydrogen-bond donors (Lipinski definition) is 1. The Morgan fingerprint density at radius 1 is 1.33 bits per heavy atom. The first kappa shape index (κ1) is 13.6. The van der Waals surface area contributed by atoms with Gasteiger partial charge in [0.1, 0.15) is 4.21 Å². The third-order valence-electron chi connectivity index (χ3n) is 2.45. The monoisotopic (exact) mass is 345 g/mol. The Bertz CT molecular complexity index is 636. The Kier molecular flexibility index (Phi) is 4.09. The van der Waals surface area contributed by atoms with Gasteiger partial charge in [-0.3, -0.25) is 4.72 Å². The molecule has 0 aliphatic rings. The number of halogens is 1. The molecule has 1 heterocycles. The summed E-state index contributed by atoms with van der Waals surface area (Å²) in [6.45, 7) is 1.99. The molecule has 1 aromatic heterocycles. The Balaban J connectivity index is 2.35. The predicted molar refractivity (Wildman–Crippen MR) is 78.6 cm³/mol. The van der Waals surface area contributed by atoms with Crippen LogP contribution in [0, 0.1) is 0 Å². The van der Waals surface area contributed by atoms with Crippen LogP contribution in [0.25, 0.3) is 0 Å². The smallest absolute Gasteiger partial charge is 0.271 e. The normalized spacial score (nSPS) is 11.4. The number of nitrogens with one attached hydrogen (secondary N) is 1. The molecule has 0 spiro atoms. The van der Waals surface area contributed by atoms with Crippen molar-refractivity contribution >= 4 is 43.0 Å². The summed E-state index contributed by atoms with van der Waals surface area (Å²) in [7, 11) is -3.46. The van der Waals surface area contributed by atoms with Crippen LogP contribution in [0.1, 0.15) is 12.5 Å². The highest BCUT2D eigenvalue weighted by atomic mass is 79.9. The fraction of sp³-hybridized carbons (Fsp3) is 0.167. The maximum atomic E-state index is 12.1. The molecule has 18 heavy (non-hydrogen) atoms. The van der Waals surface area contributed by atoms with Crippen molar-refractivity contribution in [3.63, 3.8) is 0 Å². The van der Waals surface area contributed by atoms with Gasteiger partial charge in [-0.15, -0.1) is 11.3 Å². The van der Waals surface area contributed by atoms with E-state index >= 15 is 0 Å². The van der Waals surface area contributed by atoms with Crippen LogP contribution in [0.4, 0.5) is 5.69 Å². The molecule has 3 nitrogen and oxygen atoms in total. The second-order valence-electron chi connectivity index (χ2n) is 3.69. The molecule has 96 valence electrons. The lowest BCUT2D eigenvalue weighted by molar-refractivity contribution is 0.603. The molecule has 1 aromatic carbocycles. The first-order valence-electron chi connectivity index (χ1n) is 5.37. The van der Waals surface area contributed by atoms with Crippen LogP contribution in [-0.2, 0) is 16.4 Å². The van der Waals surface area contributed by atoms with E-state index in [1.54, 1.807) is 23.6 Å². The van der Waals surface area contributed by atoms with Crippen molar-refractivity contribution in [1.82, 2.24) is 0 Å². The minimum absolute atomic E-state index is 0.326. The maximum Gasteiger partial charge on any atom is 0.271 e. The minimum Gasteiger partial charge on any atom is -0.279 e. The Hall–Kier alpha value is -0.850. The summed E-state index contributed by atoms with van der Waals surface area (Å²) < 4.78 is 28.1. The summed E-state index contributed by atoms with van der Waals surface area (Å²) in [6.07, 6.45) is 0.766. The number of thiophene rings is 1. The highest BCUT2D eigenvalue weighted by Crippen LogP contribution is 2.25. The van der Waals surface area contributed by atoms with Gasteiger partial charge in [0.25, 0.3) is 10.0 Å². The lowest BCUT2D eigenvalue weighted by Gasteiger charge is -2.11. The van der Waals surface area contributed by atoms with E-state index in [-0.39, 0.29) is 0 Å². The Labute approximate surface area is 119 Å². The SMILES string of the molecule is CCc1cc(Br)ccc1NS(=O)(=O)c1cccs1. The molecule has 1 N–H and O–H groups in total. The van der Waals surface area contributed by atoms with Gasteiger partial charge in [-0.2, -0.15) is 0 Å². The zero-order valence-electron chi connectivity index (χ0n) is 9.68. The first-order chi connectivity index (χ1) is 8.53. The molecule has 6 heteroatoms. The summed E-state index contributed by atoms with van der Waals surface area (Å²) in [5, 5.41) is 1.75. The zero-order chi connectivity index (χ0) is 13.2. The van der Waals surface area contributed by atoms with Crippen LogP contribution in [0.2, 0.25) is 0 Å². The van der Waals surface area contributed by atoms with Gasteiger partial charge >= 0.3 is 0 Å². The average Bonchev–Trinajstić information content (AvgIpc) is 2.85. The van der Waals surface area contributed by atoms with Gasteiger partial charge in [0, 0.05) is 4.47 Å². The molecule has 0 atom stereocenters. The number of rotatable bonds is 4. The van der Waals surface area contributed by atoms with Gasteiger partial charge in [-0.1, -0.05) is 28.9 Å². The maximum absolute atomic E-state index is 12.1. The van der Waals surface area contributed by atoms with Gasteiger partial charge in [-0.05, 0) is 41.6 Å². The largest absolute Gasteiger partial charge is 0.279 e. The highest BCUT2D eigenvalue weighted by molar-refractivity contribution is 9.10. The number of hydrogen-bond acceptors (Lipinski definition) is 3. The third-order valence-corrected chi connectivity index (χ3v) is 5.71. The third kappa shape index (κ3) is 2.93. The molecule has 0 amide bonds. The van der Waals surface area contributed by atoms with E-state index in [4.69, 9.17) is 0 Å². The van der Waals surface area contributed by atoms with Crippen LogP contribution in [0.3, 0.4) is 0 Å². The molecule has 0 saturated carbocycles. The van der Waals surface area contributed by atoms with Crippen LogP contribution < -0.4 is 4.72 Å². The number of aryl methyl sites for hydroxylation is 1. The second kappa shape index (κ2) is 5.42. The number of benzene rings is 1. The van der Waals surface area contributed by atoms with Crippen molar-refractivity contribution < 1.29 is 8.42 Å². The summed E-state index contributed by atoms with van der Waals surface area (Å²) in [5.74, 6) is 0. The van der Waals surface area contributed by atoms with Crippen molar-refractivity contribution in [2.75, 3.05) is 4.72 Å². The van der Waals surface area contributed by atoms with Crippen LogP contribution in [0.15, 0.2) is 44.4 Å². The highest BCUT2D eigenvalue weighted by Gasteiger charge is 2.16. The summed E-state index contributed by atoms with van der Waals surface area (Å²) >= 11 is 4.59. The first-order valence-corrected chi connectivity index (χ1v) is 8.53. The lowest BCUT2D eigenvalue weighted by Crippen LogP contribution is -2.12. The topological polar surface area (TPSA) is 46.2 Å². The fourth-order valence-electron chi connectivity index (χ4n) is 1.57. The van der Waals surface area contributed by atoms with E-state index in [9.17, 15) is 8.42 Å². The Morgan fingerprint density at radius 3 is 2.72 bits per heavy atom. The van der Waals surface area contributed by atoms with Crippen molar-refractivity contribution in [3.8, 4) is 0 Å². The van der Waals surface area contributed by atoms with Crippen LogP contribution in [-0.4, -0.2) is 8.42 Å². The molecule has 0 unspecified atom stereocenters. The van der Waals surface area contributed by atoms with Crippen molar-refractivity contribution in [2.45, 2.75) is 17.6 Å². The minimum atomic E-state index is -3.46. The van der Waals surface area contributed by atoms with Gasteiger partial charge in [0.15, 0.2) is 0 Å². The van der Waals surface area contributed by atoms with E-state index < -0.39 is 10.0 Å². The average molecular weight is 346 g/mol. The molecule has 0 aliphatic heterocycles. The predicted octanol–water partition coefficient (Wildman–Crippen LogP) is 3.87. The van der Waals surface area contributed by atoms with Gasteiger partial charge in [0.05, 0.1) is 5.69 Å². The molecule has 0 radical (unpaired) electrons. The van der Waals surface area contributed by atoms with Gasteiger partial charge < -0.3 is 0 Å². The van der Waals surface area contributed by atoms with E-state index in [1.165, 1.54) is 11.3 Å². The van der Waals surface area contributed by atoms with Crippen LogP contribution in [0.5, 0.6) is 0 Å². The summed E-state index contributed by atoms with van der Waals surface area (Å²) in [5.41, 5.74) is 1.60. The summed E-state index contributed by atoms with van der Waals surface area (Å²) in [4.78, 5) is 0. The molecule has 0 bridgehead atoms. The van der Waals surface area contributed by atoms with Crippen molar-refractivity contribution in [1.29, 1.82) is 0 Å². The van der Waals surface area contributed by atoms with Crippen LogP contribution >= 0.6 is 27.3 Å². The van der Waals surface area contributed by atoms with E-state index in [1.807, 2.05) is 19.1 Å². The molecule has 0 saturated heterocycles. The quantitative estimate of drug-likeness (QED) is 0.913. The fourth-order valence-corrected chi connectivity index (χ4v) is 4.07. The number of anilines is 1.